The number of nitrogens with one attached hydrogen (secondary N) is 1. The molecule has 1 aromatic carbocycles. The second-order valence-corrected chi connectivity index (χ2v) is 5.89. The summed E-state index contributed by atoms with van der Waals surface area (Å²) in [7, 11) is 0. The van der Waals surface area contributed by atoms with E-state index in [4.69, 9.17) is 4.52 Å². The summed E-state index contributed by atoms with van der Waals surface area (Å²) in [6.07, 6.45) is 2.23. The minimum absolute atomic E-state index is 0.225. The molecule has 1 unspecified atom stereocenters. The van der Waals surface area contributed by atoms with E-state index in [1.165, 1.54) is 23.9 Å². The monoisotopic (exact) mass is 293 g/mol. The molecule has 2 aromatic rings. The lowest BCUT2D eigenvalue weighted by atomic mass is 10.00. The maximum atomic E-state index is 13.1. The highest BCUT2D eigenvalue weighted by Gasteiger charge is 2.21. The third kappa shape index (κ3) is 3.37. The Bertz CT molecular complexity index is 569. The van der Waals surface area contributed by atoms with Gasteiger partial charge < -0.3 is 9.84 Å². The summed E-state index contributed by atoms with van der Waals surface area (Å²) in [5.74, 6) is 2.07. The van der Waals surface area contributed by atoms with Gasteiger partial charge in [0.2, 0.25) is 5.89 Å². The first kappa shape index (κ1) is 13.6. The van der Waals surface area contributed by atoms with Gasteiger partial charge in [-0.3, -0.25) is 0 Å². The van der Waals surface area contributed by atoms with Crippen molar-refractivity contribution in [2.75, 3.05) is 13.1 Å². The van der Waals surface area contributed by atoms with Gasteiger partial charge in [0.15, 0.2) is 5.82 Å². The highest BCUT2D eigenvalue weighted by Crippen LogP contribution is 2.25. The minimum atomic E-state index is -0.225. The van der Waals surface area contributed by atoms with Crippen LogP contribution in [0.4, 0.5) is 4.39 Å². The van der Waals surface area contributed by atoms with E-state index < -0.39 is 0 Å². The van der Waals surface area contributed by atoms with Gasteiger partial charge >= 0.3 is 0 Å². The van der Waals surface area contributed by atoms with E-state index in [1.807, 2.05) is 6.07 Å². The molecule has 1 aromatic heterocycles. The zero-order chi connectivity index (χ0) is 13.8. The Labute approximate surface area is 121 Å². The number of halogens is 1. The second-order valence-electron chi connectivity index (χ2n) is 4.84. The van der Waals surface area contributed by atoms with Crippen molar-refractivity contribution < 1.29 is 8.91 Å². The van der Waals surface area contributed by atoms with Gasteiger partial charge in [-0.2, -0.15) is 4.98 Å². The third-order valence-corrected chi connectivity index (χ3v) is 4.28. The van der Waals surface area contributed by atoms with Crippen LogP contribution >= 0.6 is 11.8 Å². The van der Waals surface area contributed by atoms with Crippen molar-refractivity contribution in [3.63, 3.8) is 0 Å². The molecule has 0 aliphatic carbocycles. The first-order valence-electron chi connectivity index (χ1n) is 6.73. The minimum Gasteiger partial charge on any atom is -0.339 e. The van der Waals surface area contributed by atoms with E-state index in [1.54, 1.807) is 6.07 Å². The Balaban J connectivity index is 1.59. The Hall–Kier alpha value is -1.40. The quantitative estimate of drug-likeness (QED) is 0.878. The second kappa shape index (κ2) is 6.37. The zero-order valence-corrected chi connectivity index (χ0v) is 11.8. The molecular formula is C14H16FN3OS. The molecule has 0 spiro atoms. The fourth-order valence-corrected chi connectivity index (χ4v) is 3.04. The summed E-state index contributed by atoms with van der Waals surface area (Å²) >= 11 is 1.51. The van der Waals surface area contributed by atoms with Gasteiger partial charge in [-0.05, 0) is 37.6 Å². The van der Waals surface area contributed by atoms with Gasteiger partial charge in [-0.1, -0.05) is 11.2 Å². The molecule has 0 bridgehead atoms. The van der Waals surface area contributed by atoms with Crippen molar-refractivity contribution in [2.24, 2.45) is 0 Å². The summed E-state index contributed by atoms with van der Waals surface area (Å²) in [5, 5.41) is 7.33. The predicted octanol–water partition coefficient (Wildman–Crippen LogP) is 2.97. The number of rotatable bonds is 4. The maximum absolute atomic E-state index is 13.1. The Morgan fingerprint density at radius 2 is 2.40 bits per heavy atom. The largest absolute Gasteiger partial charge is 0.339 e. The molecule has 0 radical (unpaired) electrons. The molecule has 20 heavy (non-hydrogen) atoms. The number of piperidine rings is 1. The molecule has 1 fully saturated rings. The summed E-state index contributed by atoms with van der Waals surface area (Å²) < 4.78 is 18.4. The number of nitrogens with zero attached hydrogens (tertiary/aromatic N) is 2. The lowest BCUT2D eigenvalue weighted by Gasteiger charge is -2.18. The van der Waals surface area contributed by atoms with Crippen LogP contribution in [0.2, 0.25) is 0 Å². The van der Waals surface area contributed by atoms with Crippen LogP contribution in [0.25, 0.3) is 0 Å². The molecular weight excluding hydrogens is 277 g/mol. The highest BCUT2D eigenvalue weighted by atomic mass is 32.2. The molecule has 1 N–H and O–H groups in total. The summed E-state index contributed by atoms with van der Waals surface area (Å²) in [4.78, 5) is 5.31. The van der Waals surface area contributed by atoms with Gasteiger partial charge in [-0.15, -0.1) is 11.8 Å². The highest BCUT2D eigenvalue weighted by molar-refractivity contribution is 7.98. The number of aromatic nitrogens is 2. The normalized spacial score (nSPS) is 19.1. The van der Waals surface area contributed by atoms with Crippen molar-refractivity contribution in [1.82, 2.24) is 15.5 Å². The summed E-state index contributed by atoms with van der Waals surface area (Å²) in [6, 6.07) is 6.52. The van der Waals surface area contributed by atoms with E-state index >= 15 is 0 Å². The number of hydrogen-bond acceptors (Lipinski definition) is 5. The van der Waals surface area contributed by atoms with E-state index in [0.717, 1.165) is 30.8 Å². The maximum Gasteiger partial charge on any atom is 0.231 e. The van der Waals surface area contributed by atoms with E-state index in [0.29, 0.717) is 23.4 Å². The zero-order valence-electron chi connectivity index (χ0n) is 11.0. The van der Waals surface area contributed by atoms with Gasteiger partial charge in [0.1, 0.15) is 5.82 Å². The lowest BCUT2D eigenvalue weighted by molar-refractivity contribution is 0.320. The van der Waals surface area contributed by atoms with Crippen molar-refractivity contribution in [2.45, 2.75) is 29.4 Å². The van der Waals surface area contributed by atoms with Gasteiger partial charge in [0.25, 0.3) is 0 Å². The van der Waals surface area contributed by atoms with Crippen LogP contribution in [0, 0.1) is 5.82 Å². The standard InChI is InChI=1S/C14H16FN3OS/c15-11-4-1-5-12(7-11)20-9-13-17-14(19-18-13)10-3-2-6-16-8-10/h1,4-5,7,10,16H,2-3,6,8-9H2. The van der Waals surface area contributed by atoms with E-state index in [2.05, 4.69) is 15.5 Å². The van der Waals surface area contributed by atoms with Crippen LogP contribution < -0.4 is 5.32 Å². The van der Waals surface area contributed by atoms with Gasteiger partial charge in [0, 0.05) is 11.4 Å². The van der Waals surface area contributed by atoms with Crippen molar-refractivity contribution in [1.29, 1.82) is 0 Å². The van der Waals surface area contributed by atoms with Crippen LogP contribution in [0.15, 0.2) is 33.7 Å². The molecule has 3 rings (SSSR count). The molecule has 6 heteroatoms. The molecule has 1 atom stereocenters. The SMILES string of the molecule is Fc1cccc(SCc2noc(C3CCCNC3)n2)c1. The molecule has 1 saturated heterocycles. The molecule has 1 aliphatic rings. The molecule has 2 heterocycles. The Morgan fingerprint density at radius 1 is 1.45 bits per heavy atom. The average molecular weight is 293 g/mol. The van der Waals surface area contributed by atoms with Crippen molar-refractivity contribution in [3.8, 4) is 0 Å². The smallest absolute Gasteiger partial charge is 0.231 e. The summed E-state index contributed by atoms with van der Waals surface area (Å²) in [6.45, 7) is 1.96. The van der Waals surface area contributed by atoms with Crippen LogP contribution in [-0.4, -0.2) is 23.2 Å². The predicted molar refractivity (Wildman–Crippen MR) is 75.1 cm³/mol. The Kier molecular flexibility index (Phi) is 4.32. The van der Waals surface area contributed by atoms with Gasteiger partial charge in [0.05, 0.1) is 11.7 Å². The fourth-order valence-electron chi connectivity index (χ4n) is 2.26. The van der Waals surface area contributed by atoms with Crippen LogP contribution in [0.1, 0.15) is 30.5 Å². The molecule has 0 amide bonds. The third-order valence-electron chi connectivity index (χ3n) is 3.29. The number of benzene rings is 1. The topological polar surface area (TPSA) is 51.0 Å². The van der Waals surface area contributed by atoms with Crippen molar-refractivity contribution in [3.05, 3.63) is 41.8 Å². The van der Waals surface area contributed by atoms with Crippen molar-refractivity contribution >= 4 is 11.8 Å². The van der Waals surface area contributed by atoms with Crippen LogP contribution in [0.5, 0.6) is 0 Å². The molecule has 4 nitrogen and oxygen atoms in total. The number of hydrogen-bond donors (Lipinski definition) is 1. The van der Waals surface area contributed by atoms with Gasteiger partial charge in [-0.25, -0.2) is 4.39 Å². The van der Waals surface area contributed by atoms with E-state index in [-0.39, 0.29) is 5.82 Å². The van der Waals surface area contributed by atoms with E-state index in [9.17, 15) is 4.39 Å². The average Bonchev–Trinajstić information content (AvgIpc) is 2.95. The molecule has 106 valence electrons. The number of thioether (sulfide) groups is 1. The lowest BCUT2D eigenvalue weighted by Crippen LogP contribution is -2.28. The molecule has 0 saturated carbocycles. The van der Waals surface area contributed by atoms with Crippen LogP contribution in [-0.2, 0) is 5.75 Å². The Morgan fingerprint density at radius 3 is 3.20 bits per heavy atom. The fraction of sp³-hybridized carbons (Fsp3) is 0.429. The van der Waals surface area contributed by atoms with Crippen LogP contribution in [0.3, 0.4) is 0 Å². The first-order chi connectivity index (χ1) is 9.81. The molecule has 1 aliphatic heterocycles. The first-order valence-corrected chi connectivity index (χ1v) is 7.71. The summed E-state index contributed by atoms with van der Waals surface area (Å²) in [5.41, 5.74) is 0.